The van der Waals surface area contributed by atoms with Crippen molar-refractivity contribution in [3.63, 3.8) is 0 Å². The van der Waals surface area contributed by atoms with Gasteiger partial charge in [-0.3, -0.25) is 9.69 Å². The second kappa shape index (κ2) is 13.2. The van der Waals surface area contributed by atoms with E-state index in [1.54, 1.807) is 12.1 Å². The number of rotatable bonds is 11. The number of halogens is 4. The first-order valence-corrected chi connectivity index (χ1v) is 16.2. The Labute approximate surface area is 249 Å². The number of carboxylic acid groups (broad SMARTS) is 1. The minimum Gasteiger partial charge on any atom is -0.465 e. The van der Waals surface area contributed by atoms with E-state index < -0.39 is 58.4 Å². The van der Waals surface area contributed by atoms with Crippen molar-refractivity contribution >= 4 is 21.8 Å². The van der Waals surface area contributed by atoms with Crippen LogP contribution in [0.3, 0.4) is 0 Å². The first kappa shape index (κ1) is 32.7. The predicted octanol–water partition coefficient (Wildman–Crippen LogP) is 5.13. The SMILES string of the molecule is CCN(C(=O)Cc1ccc(S(C)(=O)=O)cc1)C1CCN(CCC(c2cc(F)cc(F)c2)N(C(=O)O)C2CC(F)(F)C2)CC1. The van der Waals surface area contributed by atoms with Crippen molar-refractivity contribution in [2.75, 3.05) is 32.4 Å². The molecule has 43 heavy (non-hydrogen) atoms. The second-order valence-electron chi connectivity index (χ2n) is 11.5. The van der Waals surface area contributed by atoms with Gasteiger partial charge in [0.15, 0.2) is 9.84 Å². The van der Waals surface area contributed by atoms with Gasteiger partial charge in [0, 0.05) is 63.4 Å². The molecule has 0 spiro atoms. The monoisotopic (exact) mass is 627 g/mol. The van der Waals surface area contributed by atoms with Gasteiger partial charge in [-0.25, -0.2) is 30.8 Å². The number of likely N-dealkylation sites (tertiary alicyclic amines) is 1. The molecule has 2 aromatic rings. The van der Waals surface area contributed by atoms with Crippen LogP contribution in [0, 0.1) is 11.6 Å². The van der Waals surface area contributed by atoms with Crippen molar-refractivity contribution in [2.45, 2.75) is 74.4 Å². The minimum absolute atomic E-state index is 0.0233. The van der Waals surface area contributed by atoms with E-state index in [0.29, 0.717) is 50.7 Å². The molecule has 0 bridgehead atoms. The van der Waals surface area contributed by atoms with Crippen LogP contribution in [0.15, 0.2) is 47.4 Å². The molecule has 1 saturated carbocycles. The molecule has 1 aliphatic carbocycles. The zero-order valence-electron chi connectivity index (χ0n) is 24.2. The number of carbonyl (C=O) groups is 2. The van der Waals surface area contributed by atoms with E-state index in [0.717, 1.165) is 23.3 Å². The zero-order chi connectivity index (χ0) is 31.5. The number of alkyl halides is 2. The fraction of sp³-hybridized carbons (Fsp3) is 0.533. The van der Waals surface area contributed by atoms with Crippen molar-refractivity contribution in [1.29, 1.82) is 0 Å². The third-order valence-electron chi connectivity index (χ3n) is 8.37. The van der Waals surface area contributed by atoms with Crippen LogP contribution in [-0.4, -0.2) is 90.7 Å². The van der Waals surface area contributed by atoms with Gasteiger partial charge in [-0.15, -0.1) is 0 Å². The fourth-order valence-corrected chi connectivity index (χ4v) is 6.76. The molecule has 0 aromatic heterocycles. The van der Waals surface area contributed by atoms with Crippen LogP contribution in [0.25, 0.3) is 0 Å². The van der Waals surface area contributed by atoms with Crippen LogP contribution in [-0.2, 0) is 21.1 Å². The summed E-state index contributed by atoms with van der Waals surface area (Å²) in [5.41, 5.74) is 0.789. The van der Waals surface area contributed by atoms with Gasteiger partial charge < -0.3 is 14.9 Å². The van der Waals surface area contributed by atoms with Crippen molar-refractivity contribution in [1.82, 2.24) is 14.7 Å². The van der Waals surface area contributed by atoms with Gasteiger partial charge >= 0.3 is 6.09 Å². The summed E-state index contributed by atoms with van der Waals surface area (Å²) in [4.78, 5) is 30.3. The highest BCUT2D eigenvalue weighted by atomic mass is 32.2. The summed E-state index contributed by atoms with van der Waals surface area (Å²) < 4.78 is 78.9. The molecule has 1 unspecified atom stereocenters. The molecule has 4 rings (SSSR count). The van der Waals surface area contributed by atoms with Gasteiger partial charge in [0.05, 0.1) is 17.4 Å². The number of hydrogen-bond donors (Lipinski definition) is 1. The molecule has 1 heterocycles. The van der Waals surface area contributed by atoms with E-state index in [1.807, 2.05) is 11.8 Å². The van der Waals surface area contributed by atoms with Gasteiger partial charge in [-0.1, -0.05) is 12.1 Å². The highest BCUT2D eigenvalue weighted by Gasteiger charge is 2.51. The largest absolute Gasteiger partial charge is 0.465 e. The third-order valence-corrected chi connectivity index (χ3v) is 9.50. The molecule has 1 atom stereocenters. The van der Waals surface area contributed by atoms with Crippen molar-refractivity contribution in [2.24, 2.45) is 0 Å². The predicted molar refractivity (Wildman–Crippen MR) is 152 cm³/mol. The summed E-state index contributed by atoms with van der Waals surface area (Å²) in [6.45, 7) is 3.95. The maximum atomic E-state index is 14.1. The van der Waals surface area contributed by atoms with Crippen LogP contribution in [0.5, 0.6) is 0 Å². The number of benzene rings is 2. The lowest BCUT2D eigenvalue weighted by Gasteiger charge is -2.45. The molecule has 1 saturated heterocycles. The topological polar surface area (TPSA) is 98.2 Å². The summed E-state index contributed by atoms with van der Waals surface area (Å²) in [5, 5.41) is 9.93. The van der Waals surface area contributed by atoms with Crippen molar-refractivity contribution in [3.05, 3.63) is 65.2 Å². The second-order valence-corrected chi connectivity index (χ2v) is 13.5. The number of sulfone groups is 1. The third kappa shape index (κ3) is 8.26. The Morgan fingerprint density at radius 3 is 2.09 bits per heavy atom. The molecule has 0 radical (unpaired) electrons. The first-order valence-electron chi connectivity index (χ1n) is 14.3. The Balaban J connectivity index is 1.38. The van der Waals surface area contributed by atoms with Crippen LogP contribution < -0.4 is 0 Å². The number of likely N-dealkylation sites (N-methyl/N-ethyl adjacent to an activating group) is 1. The summed E-state index contributed by atoms with van der Waals surface area (Å²) in [6.07, 6.45) is 0.0296. The van der Waals surface area contributed by atoms with Gasteiger partial charge in [0.1, 0.15) is 11.6 Å². The smallest absolute Gasteiger partial charge is 0.408 e. The van der Waals surface area contributed by atoms with E-state index in [4.69, 9.17) is 0 Å². The Morgan fingerprint density at radius 1 is 1.02 bits per heavy atom. The van der Waals surface area contributed by atoms with Crippen LogP contribution in [0.1, 0.15) is 56.2 Å². The molecular formula is C30H37F4N3O5S. The molecule has 1 N–H and O–H groups in total. The average molecular weight is 628 g/mol. The van der Waals surface area contributed by atoms with Crippen LogP contribution in [0.2, 0.25) is 0 Å². The standard InChI is InChI=1S/C30H37F4N3O5S/c1-3-36(28(38)14-20-4-6-26(7-5-20)43(2,41)42)24-8-11-35(12-9-24)13-10-27(21-15-22(31)17-23(32)16-21)37(29(39)40)25-18-30(33,34)19-25/h4-7,15-17,24-25,27H,3,8-14,18-19H2,1-2H3,(H,39,40). The quantitative estimate of drug-likeness (QED) is 0.347. The molecule has 2 aromatic carbocycles. The average Bonchev–Trinajstić information content (AvgIpc) is 2.90. The lowest BCUT2D eigenvalue weighted by Crippen LogP contribution is -2.54. The summed E-state index contributed by atoms with van der Waals surface area (Å²) in [6, 6.07) is 7.03. The zero-order valence-corrected chi connectivity index (χ0v) is 25.0. The Kier molecular flexibility index (Phi) is 10.1. The summed E-state index contributed by atoms with van der Waals surface area (Å²) in [7, 11) is -3.33. The summed E-state index contributed by atoms with van der Waals surface area (Å²) in [5.74, 6) is -4.79. The van der Waals surface area contributed by atoms with E-state index in [-0.39, 0.29) is 35.2 Å². The van der Waals surface area contributed by atoms with Crippen LogP contribution in [0.4, 0.5) is 22.4 Å². The lowest BCUT2D eigenvalue weighted by atomic mass is 9.85. The number of hydrogen-bond acceptors (Lipinski definition) is 5. The molecule has 2 amide bonds. The van der Waals surface area contributed by atoms with Crippen molar-refractivity contribution < 1.29 is 40.7 Å². The number of nitrogens with zero attached hydrogens (tertiary/aromatic N) is 3. The maximum Gasteiger partial charge on any atom is 0.408 e. The normalized spacial score (nSPS) is 18.6. The summed E-state index contributed by atoms with van der Waals surface area (Å²) >= 11 is 0. The Bertz CT molecular complexity index is 1390. The van der Waals surface area contributed by atoms with Gasteiger partial charge in [0.2, 0.25) is 5.91 Å². The highest BCUT2D eigenvalue weighted by molar-refractivity contribution is 7.90. The molecule has 2 fully saturated rings. The van der Waals surface area contributed by atoms with Crippen LogP contribution >= 0.6 is 0 Å². The molecule has 13 heteroatoms. The van der Waals surface area contributed by atoms with E-state index >= 15 is 0 Å². The van der Waals surface area contributed by atoms with Gasteiger partial charge in [0.25, 0.3) is 5.92 Å². The molecule has 236 valence electrons. The highest BCUT2D eigenvalue weighted by Crippen LogP contribution is 2.44. The molecule has 8 nitrogen and oxygen atoms in total. The number of piperidine rings is 1. The maximum absolute atomic E-state index is 14.1. The lowest BCUT2D eigenvalue weighted by molar-refractivity contribution is -0.133. The minimum atomic E-state index is -3.33. The molecule has 1 aliphatic heterocycles. The first-order chi connectivity index (χ1) is 20.2. The Hall–Kier alpha value is -3.19. The fourth-order valence-electron chi connectivity index (χ4n) is 6.13. The Morgan fingerprint density at radius 2 is 1.60 bits per heavy atom. The number of amides is 2. The van der Waals surface area contributed by atoms with E-state index in [9.17, 15) is 40.7 Å². The molecule has 2 aliphatic rings. The van der Waals surface area contributed by atoms with Gasteiger partial charge in [-0.2, -0.15) is 0 Å². The van der Waals surface area contributed by atoms with Crippen molar-refractivity contribution in [3.8, 4) is 0 Å². The molecular weight excluding hydrogens is 590 g/mol. The number of carbonyl (C=O) groups excluding carboxylic acids is 1. The van der Waals surface area contributed by atoms with E-state index in [2.05, 4.69) is 4.90 Å². The van der Waals surface area contributed by atoms with E-state index in [1.165, 1.54) is 12.1 Å². The van der Waals surface area contributed by atoms with Gasteiger partial charge in [-0.05, 0) is 61.6 Å².